The van der Waals surface area contributed by atoms with Crippen LogP contribution in [0.4, 0.5) is 0 Å². The molecule has 0 aromatic carbocycles. The lowest BCUT2D eigenvalue weighted by molar-refractivity contribution is -0.140. The topological polar surface area (TPSA) is 279 Å². The van der Waals surface area contributed by atoms with Crippen LogP contribution in [0.25, 0.3) is 0 Å². The largest absolute Gasteiger partial charge is 0.480 e. The molecule has 0 aromatic rings. The zero-order valence-electron chi connectivity index (χ0n) is 17.2. The minimum Gasteiger partial charge on any atom is -0.480 e. The first-order chi connectivity index (χ1) is 13.1. The molecular formula is C16H37N5O8. The van der Waals surface area contributed by atoms with Crippen LogP contribution in [0.2, 0.25) is 0 Å². The lowest BCUT2D eigenvalue weighted by atomic mass is 10.1. The SMILES string of the molecule is CC(C)[C@H](N)C(=O)O.C[C@H](N)C(=O)O.NCC(=O)O.NCCCC[C@H](N)C(=O)O. The molecule has 0 spiro atoms. The van der Waals surface area contributed by atoms with E-state index in [1.807, 2.05) is 0 Å². The Balaban J connectivity index is -0.000000149. The third-order valence-electron chi connectivity index (χ3n) is 2.85. The van der Waals surface area contributed by atoms with Gasteiger partial charge in [0.25, 0.3) is 0 Å². The fourth-order valence-corrected chi connectivity index (χ4v) is 0.917. The summed E-state index contributed by atoms with van der Waals surface area (Å²) in [4.78, 5) is 39.0. The van der Waals surface area contributed by atoms with Crippen LogP contribution in [0, 0.1) is 5.92 Å². The molecule has 0 aliphatic carbocycles. The zero-order valence-corrected chi connectivity index (χ0v) is 17.2. The lowest BCUT2D eigenvalue weighted by Crippen LogP contribution is -2.34. The van der Waals surface area contributed by atoms with Crippen molar-refractivity contribution in [1.29, 1.82) is 0 Å². The van der Waals surface area contributed by atoms with E-state index in [2.05, 4.69) is 5.73 Å². The second-order valence-corrected chi connectivity index (χ2v) is 6.06. The Labute approximate surface area is 170 Å². The molecule has 0 aromatic heterocycles. The van der Waals surface area contributed by atoms with Gasteiger partial charge in [0.2, 0.25) is 0 Å². The number of hydrogen-bond donors (Lipinski definition) is 9. The van der Waals surface area contributed by atoms with Crippen LogP contribution in [-0.4, -0.2) is 75.5 Å². The smallest absolute Gasteiger partial charge is 0.320 e. The normalized spacial score (nSPS) is 12.4. The predicted octanol–water partition coefficient (Wildman–Crippen LogP) is -1.97. The summed E-state index contributed by atoms with van der Waals surface area (Å²) >= 11 is 0. The average Bonchev–Trinajstić information content (AvgIpc) is 2.62. The summed E-state index contributed by atoms with van der Waals surface area (Å²) in [5.74, 6) is -3.77. The molecule has 0 radical (unpaired) electrons. The second-order valence-electron chi connectivity index (χ2n) is 6.06. The Morgan fingerprint density at radius 3 is 1.28 bits per heavy atom. The lowest BCUT2D eigenvalue weighted by Gasteiger charge is -2.07. The van der Waals surface area contributed by atoms with Crippen LogP contribution >= 0.6 is 0 Å². The maximum absolute atomic E-state index is 10.1. The Morgan fingerprint density at radius 1 is 0.759 bits per heavy atom. The summed E-state index contributed by atoms with van der Waals surface area (Å²) in [7, 11) is 0. The molecule has 14 N–H and O–H groups in total. The van der Waals surface area contributed by atoms with Gasteiger partial charge in [-0.05, 0) is 32.2 Å². The number of rotatable bonds is 9. The van der Waals surface area contributed by atoms with Gasteiger partial charge in [-0.25, -0.2) is 0 Å². The summed E-state index contributed by atoms with van der Waals surface area (Å²) in [5, 5.41) is 32.0. The number of carboxylic acids is 4. The Bertz CT molecular complexity index is 461. The van der Waals surface area contributed by atoms with Crippen molar-refractivity contribution in [3.8, 4) is 0 Å². The number of nitrogens with two attached hydrogens (primary N) is 5. The molecule has 0 amide bonds. The molecule has 0 saturated heterocycles. The molecule has 29 heavy (non-hydrogen) atoms. The quantitative estimate of drug-likeness (QED) is 0.181. The zero-order chi connectivity index (χ0) is 24.2. The molecule has 0 saturated carbocycles. The van der Waals surface area contributed by atoms with Crippen LogP contribution in [0.5, 0.6) is 0 Å². The van der Waals surface area contributed by atoms with Crippen molar-refractivity contribution in [1.82, 2.24) is 0 Å². The number of carbonyl (C=O) groups is 4. The molecule has 0 aliphatic rings. The fourth-order valence-electron chi connectivity index (χ4n) is 0.917. The van der Waals surface area contributed by atoms with E-state index in [1.165, 1.54) is 6.92 Å². The van der Waals surface area contributed by atoms with Gasteiger partial charge in [-0.1, -0.05) is 20.3 Å². The highest BCUT2D eigenvalue weighted by atomic mass is 16.4. The summed E-state index contributed by atoms with van der Waals surface area (Å²) in [6.07, 6.45) is 2.16. The minimum atomic E-state index is -0.968. The predicted molar refractivity (Wildman–Crippen MR) is 107 cm³/mol. The van der Waals surface area contributed by atoms with Gasteiger partial charge >= 0.3 is 23.9 Å². The molecule has 3 atom stereocenters. The van der Waals surface area contributed by atoms with E-state index < -0.39 is 42.0 Å². The van der Waals surface area contributed by atoms with Crippen molar-refractivity contribution in [2.75, 3.05) is 13.1 Å². The summed E-state index contributed by atoms with van der Waals surface area (Å²) < 4.78 is 0. The third kappa shape index (κ3) is 33.7. The fraction of sp³-hybridized carbons (Fsp3) is 0.750. The van der Waals surface area contributed by atoms with E-state index in [0.717, 1.165) is 12.8 Å². The summed E-state index contributed by atoms with van der Waals surface area (Å²) in [5.41, 5.74) is 25.0. The number of aliphatic carboxylic acids is 4. The van der Waals surface area contributed by atoms with E-state index in [1.54, 1.807) is 13.8 Å². The van der Waals surface area contributed by atoms with Crippen molar-refractivity contribution < 1.29 is 39.6 Å². The molecule has 13 nitrogen and oxygen atoms in total. The van der Waals surface area contributed by atoms with E-state index in [0.29, 0.717) is 13.0 Å². The molecule has 174 valence electrons. The van der Waals surface area contributed by atoms with Crippen molar-refractivity contribution in [2.45, 2.75) is 58.2 Å². The third-order valence-corrected chi connectivity index (χ3v) is 2.85. The molecular weight excluding hydrogens is 390 g/mol. The molecule has 0 bridgehead atoms. The minimum absolute atomic E-state index is 0.0208. The summed E-state index contributed by atoms with van der Waals surface area (Å²) in [6, 6.07) is -2.16. The monoisotopic (exact) mass is 427 g/mol. The van der Waals surface area contributed by atoms with Gasteiger partial charge < -0.3 is 49.1 Å². The van der Waals surface area contributed by atoms with E-state index in [4.69, 9.17) is 43.4 Å². The van der Waals surface area contributed by atoms with Crippen molar-refractivity contribution in [3.05, 3.63) is 0 Å². The standard InChI is InChI=1S/C6H14N2O2.C5H11NO2.C3H7NO2.C2H5NO2/c7-4-2-1-3-5(8)6(9)10;1-3(2)4(6)5(7)8;1-2(4)3(5)6;3-1-2(4)5/h5H,1-4,7-8H2,(H,9,10);3-4H,6H2,1-2H3,(H,7,8);2H,4H2,1H3,(H,5,6);1,3H2,(H,4,5)/t5-;4-;2-;/m000./s1. The van der Waals surface area contributed by atoms with Crippen molar-refractivity contribution in [3.63, 3.8) is 0 Å². The van der Waals surface area contributed by atoms with E-state index >= 15 is 0 Å². The first-order valence-electron chi connectivity index (χ1n) is 8.72. The Kier molecular flexibility index (Phi) is 25.9. The second kappa shape index (κ2) is 22.0. The number of hydrogen-bond acceptors (Lipinski definition) is 9. The average molecular weight is 427 g/mol. The van der Waals surface area contributed by atoms with E-state index in [9.17, 15) is 19.2 Å². The van der Waals surface area contributed by atoms with Gasteiger partial charge in [-0.2, -0.15) is 0 Å². The Morgan fingerprint density at radius 2 is 1.14 bits per heavy atom. The van der Waals surface area contributed by atoms with Crippen LogP contribution in [-0.2, 0) is 19.2 Å². The summed E-state index contributed by atoms with van der Waals surface area (Å²) in [6.45, 7) is 5.30. The molecule has 0 fully saturated rings. The highest BCUT2D eigenvalue weighted by Gasteiger charge is 2.14. The molecule has 0 aliphatic heterocycles. The van der Waals surface area contributed by atoms with Crippen LogP contribution in [0.15, 0.2) is 0 Å². The highest BCUT2D eigenvalue weighted by Crippen LogP contribution is 1.97. The maximum Gasteiger partial charge on any atom is 0.320 e. The van der Waals surface area contributed by atoms with E-state index in [-0.39, 0.29) is 12.5 Å². The van der Waals surface area contributed by atoms with Gasteiger partial charge in [-0.3, -0.25) is 19.2 Å². The van der Waals surface area contributed by atoms with Crippen LogP contribution in [0.1, 0.15) is 40.0 Å². The first kappa shape index (κ1) is 34.2. The Hall–Kier alpha value is -2.32. The number of unbranched alkanes of at least 4 members (excludes halogenated alkanes) is 1. The molecule has 13 heteroatoms. The molecule has 0 rings (SSSR count). The van der Waals surface area contributed by atoms with Crippen molar-refractivity contribution in [2.24, 2.45) is 34.6 Å². The van der Waals surface area contributed by atoms with Gasteiger partial charge in [0, 0.05) is 0 Å². The van der Waals surface area contributed by atoms with Crippen LogP contribution in [0.3, 0.4) is 0 Å². The number of carboxylic acid groups (broad SMARTS) is 4. The molecule has 0 unspecified atom stereocenters. The van der Waals surface area contributed by atoms with Gasteiger partial charge in [-0.15, -0.1) is 0 Å². The van der Waals surface area contributed by atoms with Crippen molar-refractivity contribution >= 4 is 23.9 Å². The van der Waals surface area contributed by atoms with Gasteiger partial charge in [0.15, 0.2) is 0 Å². The van der Waals surface area contributed by atoms with Crippen LogP contribution < -0.4 is 28.7 Å². The van der Waals surface area contributed by atoms with Gasteiger partial charge in [0.05, 0.1) is 6.54 Å². The first-order valence-corrected chi connectivity index (χ1v) is 8.72. The van der Waals surface area contributed by atoms with Gasteiger partial charge in [0.1, 0.15) is 18.1 Å². The maximum atomic E-state index is 10.1. The molecule has 0 heterocycles. The highest BCUT2D eigenvalue weighted by molar-refractivity contribution is 5.73.